The van der Waals surface area contributed by atoms with Crippen molar-refractivity contribution < 1.29 is 19.7 Å². The minimum Gasteiger partial charge on any atom is -0.368 e. The Balaban J connectivity index is 3.24. The van der Waals surface area contributed by atoms with Crippen molar-refractivity contribution in [2.45, 2.75) is 174 Å². The molecular weight excluding hydrogens is 412 g/mol. The average Bonchev–Trinajstić information content (AvgIpc) is 2.81. The van der Waals surface area contributed by atoms with Crippen LogP contribution in [0.15, 0.2) is 0 Å². The minimum atomic E-state index is -0.596. The predicted octanol–water partition coefficient (Wildman–Crippen LogP) is 8.67. The number of hydrogen-bond donors (Lipinski definition) is 2. The van der Waals surface area contributed by atoms with Gasteiger partial charge in [0.1, 0.15) is 0 Å². The van der Waals surface area contributed by atoms with Gasteiger partial charge in [-0.2, -0.15) is 0 Å². The molecule has 4 nitrogen and oxygen atoms in total. The van der Waals surface area contributed by atoms with Crippen molar-refractivity contribution in [1.82, 2.24) is 0 Å². The van der Waals surface area contributed by atoms with Gasteiger partial charge in [0.2, 0.25) is 0 Å². The lowest BCUT2D eigenvalue weighted by molar-refractivity contribution is -0.105. The topological polar surface area (TPSA) is 58.9 Å². The van der Waals surface area contributed by atoms with Crippen LogP contribution in [0.5, 0.6) is 0 Å². The van der Waals surface area contributed by atoms with E-state index < -0.39 is 12.6 Å². The SMILES string of the molecule is CCCCCCCCCCOC(O)CCCCCCCC(O)OCCCCCCCCCC. The zero-order chi connectivity index (χ0) is 24.2. The van der Waals surface area contributed by atoms with Crippen molar-refractivity contribution in [3.05, 3.63) is 0 Å². The zero-order valence-corrected chi connectivity index (χ0v) is 22.5. The Morgan fingerprint density at radius 3 is 1.00 bits per heavy atom. The summed E-state index contributed by atoms with van der Waals surface area (Å²) in [4.78, 5) is 0. The Morgan fingerprint density at radius 2 is 0.667 bits per heavy atom. The fourth-order valence-corrected chi connectivity index (χ4v) is 4.25. The fraction of sp³-hybridized carbons (Fsp3) is 1.00. The summed E-state index contributed by atoms with van der Waals surface area (Å²) in [5.41, 5.74) is 0. The number of rotatable bonds is 28. The summed E-state index contributed by atoms with van der Waals surface area (Å²) in [5.74, 6) is 0. The highest BCUT2D eigenvalue weighted by atomic mass is 16.6. The van der Waals surface area contributed by atoms with Gasteiger partial charge in [-0.25, -0.2) is 0 Å². The molecule has 0 bridgehead atoms. The van der Waals surface area contributed by atoms with Crippen LogP contribution in [0.3, 0.4) is 0 Å². The van der Waals surface area contributed by atoms with Crippen molar-refractivity contribution in [3.8, 4) is 0 Å². The van der Waals surface area contributed by atoms with E-state index in [0.29, 0.717) is 13.2 Å². The van der Waals surface area contributed by atoms with Crippen LogP contribution in [0.25, 0.3) is 0 Å². The van der Waals surface area contributed by atoms with E-state index >= 15 is 0 Å². The molecule has 0 aliphatic carbocycles. The first-order valence-electron chi connectivity index (χ1n) is 14.8. The first-order chi connectivity index (χ1) is 16.2. The average molecular weight is 473 g/mol. The molecule has 0 fully saturated rings. The largest absolute Gasteiger partial charge is 0.368 e. The molecule has 200 valence electrons. The maximum atomic E-state index is 9.94. The molecule has 0 rings (SSSR count). The third-order valence-electron chi connectivity index (χ3n) is 6.52. The highest BCUT2D eigenvalue weighted by Crippen LogP contribution is 2.13. The monoisotopic (exact) mass is 472 g/mol. The zero-order valence-electron chi connectivity index (χ0n) is 22.5. The van der Waals surface area contributed by atoms with Gasteiger partial charge >= 0.3 is 0 Å². The maximum absolute atomic E-state index is 9.94. The number of hydrogen-bond acceptors (Lipinski definition) is 4. The summed E-state index contributed by atoms with van der Waals surface area (Å²) in [7, 11) is 0. The Morgan fingerprint density at radius 1 is 0.394 bits per heavy atom. The van der Waals surface area contributed by atoms with E-state index in [9.17, 15) is 10.2 Å². The summed E-state index contributed by atoms with van der Waals surface area (Å²) in [6.07, 6.45) is 26.3. The van der Waals surface area contributed by atoms with Gasteiger partial charge in [0.05, 0.1) is 0 Å². The number of unbranched alkanes of at least 4 members (excludes halogenated alkanes) is 18. The molecule has 0 aliphatic rings. The molecule has 0 aliphatic heterocycles. The molecule has 0 aromatic carbocycles. The number of ether oxygens (including phenoxy) is 2. The number of aliphatic hydroxyl groups excluding tert-OH is 2. The Kier molecular flexibility index (Phi) is 27.9. The van der Waals surface area contributed by atoms with Gasteiger partial charge in [-0.1, -0.05) is 123 Å². The molecule has 0 amide bonds. The van der Waals surface area contributed by atoms with Crippen molar-refractivity contribution in [1.29, 1.82) is 0 Å². The van der Waals surface area contributed by atoms with Gasteiger partial charge in [0.25, 0.3) is 0 Å². The van der Waals surface area contributed by atoms with Crippen LogP contribution in [-0.4, -0.2) is 36.0 Å². The molecule has 0 saturated carbocycles. The molecule has 2 N–H and O–H groups in total. The second-order valence-corrected chi connectivity index (χ2v) is 9.95. The standard InChI is InChI=1S/C29H60O4/c1-3-5-7-9-11-13-18-22-26-32-28(30)24-20-16-15-17-21-25-29(31)33-27-23-19-14-12-10-8-6-4-2/h28-31H,3-27H2,1-2H3. The van der Waals surface area contributed by atoms with E-state index in [2.05, 4.69) is 13.8 Å². The van der Waals surface area contributed by atoms with E-state index in [-0.39, 0.29) is 0 Å². The molecule has 2 atom stereocenters. The van der Waals surface area contributed by atoms with Crippen molar-refractivity contribution in [2.75, 3.05) is 13.2 Å². The third kappa shape index (κ3) is 28.0. The van der Waals surface area contributed by atoms with E-state index in [0.717, 1.165) is 57.8 Å². The van der Waals surface area contributed by atoms with Gasteiger partial charge in [-0.3, -0.25) is 0 Å². The Hall–Kier alpha value is -0.160. The maximum Gasteiger partial charge on any atom is 0.154 e. The summed E-state index contributed by atoms with van der Waals surface area (Å²) >= 11 is 0. The predicted molar refractivity (Wildman–Crippen MR) is 141 cm³/mol. The normalized spacial score (nSPS) is 13.5. The highest BCUT2D eigenvalue weighted by molar-refractivity contribution is 4.52. The number of aliphatic hydroxyl groups is 2. The van der Waals surface area contributed by atoms with Crippen molar-refractivity contribution >= 4 is 0 Å². The van der Waals surface area contributed by atoms with Crippen LogP contribution < -0.4 is 0 Å². The summed E-state index contributed by atoms with van der Waals surface area (Å²) in [5, 5.41) is 19.9. The molecule has 0 aromatic heterocycles. The Labute approximate surface area is 207 Å². The lowest BCUT2D eigenvalue weighted by Gasteiger charge is -2.13. The summed E-state index contributed by atoms with van der Waals surface area (Å²) in [6.45, 7) is 5.88. The van der Waals surface area contributed by atoms with E-state index in [1.807, 2.05) is 0 Å². The van der Waals surface area contributed by atoms with Crippen LogP contribution in [0.1, 0.15) is 162 Å². The quantitative estimate of drug-likeness (QED) is 0.0883. The lowest BCUT2D eigenvalue weighted by atomic mass is 10.1. The Bertz CT molecular complexity index is 319. The molecule has 4 heteroatoms. The van der Waals surface area contributed by atoms with E-state index in [1.54, 1.807) is 0 Å². The van der Waals surface area contributed by atoms with E-state index in [1.165, 1.54) is 89.9 Å². The molecule has 0 saturated heterocycles. The van der Waals surface area contributed by atoms with E-state index in [4.69, 9.17) is 9.47 Å². The molecule has 33 heavy (non-hydrogen) atoms. The van der Waals surface area contributed by atoms with Crippen LogP contribution in [0.4, 0.5) is 0 Å². The fourth-order valence-electron chi connectivity index (χ4n) is 4.25. The van der Waals surface area contributed by atoms with Crippen LogP contribution in [0.2, 0.25) is 0 Å². The molecule has 2 unspecified atom stereocenters. The smallest absolute Gasteiger partial charge is 0.154 e. The molecular formula is C29H60O4. The van der Waals surface area contributed by atoms with Gasteiger partial charge in [0.15, 0.2) is 12.6 Å². The second kappa shape index (κ2) is 28.1. The first kappa shape index (κ1) is 32.8. The lowest BCUT2D eigenvalue weighted by Crippen LogP contribution is -2.13. The minimum absolute atomic E-state index is 0.596. The van der Waals surface area contributed by atoms with Crippen LogP contribution >= 0.6 is 0 Å². The third-order valence-corrected chi connectivity index (χ3v) is 6.52. The van der Waals surface area contributed by atoms with Crippen LogP contribution in [0, 0.1) is 0 Å². The molecule has 0 aromatic rings. The molecule has 0 heterocycles. The van der Waals surface area contributed by atoms with Gasteiger partial charge in [0, 0.05) is 13.2 Å². The summed E-state index contributed by atoms with van der Waals surface area (Å²) < 4.78 is 11.1. The van der Waals surface area contributed by atoms with Crippen LogP contribution in [-0.2, 0) is 9.47 Å². The summed E-state index contributed by atoms with van der Waals surface area (Å²) in [6, 6.07) is 0. The second-order valence-electron chi connectivity index (χ2n) is 9.95. The van der Waals surface area contributed by atoms with Gasteiger partial charge in [-0.15, -0.1) is 0 Å². The molecule has 0 spiro atoms. The highest BCUT2D eigenvalue weighted by Gasteiger charge is 2.05. The van der Waals surface area contributed by atoms with Crippen molar-refractivity contribution in [2.24, 2.45) is 0 Å². The molecule has 0 radical (unpaired) electrons. The van der Waals surface area contributed by atoms with Gasteiger partial charge in [-0.05, 0) is 38.5 Å². The van der Waals surface area contributed by atoms with Gasteiger partial charge < -0.3 is 19.7 Å². The van der Waals surface area contributed by atoms with Crippen molar-refractivity contribution in [3.63, 3.8) is 0 Å². The first-order valence-corrected chi connectivity index (χ1v) is 14.8.